The molecular formula is C22H20ClN3O2. The van der Waals surface area contributed by atoms with E-state index in [2.05, 4.69) is 40.2 Å². The average Bonchev–Trinajstić information content (AvgIpc) is 2.75. The zero-order chi connectivity index (χ0) is 19.5. The number of rotatable bonds is 3. The number of carboxylic acid groups (broad SMARTS) is 1. The lowest BCUT2D eigenvalue weighted by Gasteiger charge is -2.34. The largest absolute Gasteiger partial charge is 0.465 e. The van der Waals surface area contributed by atoms with Crippen molar-refractivity contribution in [2.75, 3.05) is 31.1 Å². The summed E-state index contributed by atoms with van der Waals surface area (Å²) in [5, 5.41) is 9.56. The van der Waals surface area contributed by atoms with Crippen molar-refractivity contribution >= 4 is 23.4 Å². The molecule has 1 amide bonds. The van der Waals surface area contributed by atoms with Crippen LogP contribution in [0.1, 0.15) is 0 Å². The van der Waals surface area contributed by atoms with Crippen molar-refractivity contribution in [1.82, 2.24) is 9.88 Å². The van der Waals surface area contributed by atoms with Crippen LogP contribution >= 0.6 is 11.6 Å². The Bertz CT molecular complexity index is 969. The molecule has 28 heavy (non-hydrogen) atoms. The van der Waals surface area contributed by atoms with Gasteiger partial charge >= 0.3 is 6.09 Å². The topological polar surface area (TPSA) is 56.7 Å². The van der Waals surface area contributed by atoms with Gasteiger partial charge in [-0.1, -0.05) is 54.1 Å². The second-order valence-electron chi connectivity index (χ2n) is 6.73. The van der Waals surface area contributed by atoms with Crippen LogP contribution in [-0.4, -0.2) is 47.3 Å². The molecule has 0 unspecified atom stereocenters. The highest BCUT2D eigenvalue weighted by molar-refractivity contribution is 6.32. The van der Waals surface area contributed by atoms with Crippen molar-refractivity contribution in [3.63, 3.8) is 0 Å². The van der Waals surface area contributed by atoms with Gasteiger partial charge in [0.2, 0.25) is 0 Å². The molecule has 4 rings (SSSR count). The first-order valence-corrected chi connectivity index (χ1v) is 9.54. The third-order valence-corrected chi connectivity index (χ3v) is 5.34. The van der Waals surface area contributed by atoms with Crippen LogP contribution in [0.5, 0.6) is 0 Å². The molecule has 2 aromatic carbocycles. The zero-order valence-electron chi connectivity index (χ0n) is 15.3. The number of hydrogen-bond donors (Lipinski definition) is 1. The van der Waals surface area contributed by atoms with Crippen molar-refractivity contribution in [1.29, 1.82) is 0 Å². The summed E-state index contributed by atoms with van der Waals surface area (Å²) in [6.07, 6.45) is 0.939. The van der Waals surface area contributed by atoms with Gasteiger partial charge in [-0.3, -0.25) is 0 Å². The van der Waals surface area contributed by atoms with Gasteiger partial charge in [-0.2, -0.15) is 0 Å². The molecule has 0 spiro atoms. The minimum atomic E-state index is -0.848. The lowest BCUT2D eigenvalue weighted by Crippen LogP contribution is -2.48. The minimum absolute atomic E-state index is 0.489. The fourth-order valence-electron chi connectivity index (χ4n) is 3.45. The summed E-state index contributed by atoms with van der Waals surface area (Å²) in [5.74, 6) is 0. The van der Waals surface area contributed by atoms with E-state index in [-0.39, 0.29) is 0 Å². The SMILES string of the molecule is O=C(O)N1CCN(c2ccc(-c3cnc(Cl)c(-c4ccccc4)c3)cc2)CC1. The first kappa shape index (κ1) is 18.3. The van der Waals surface area contributed by atoms with E-state index in [1.165, 1.54) is 4.90 Å². The van der Waals surface area contributed by atoms with Gasteiger partial charge in [0.1, 0.15) is 5.15 Å². The number of piperazine rings is 1. The number of benzene rings is 2. The van der Waals surface area contributed by atoms with Gasteiger partial charge in [-0.25, -0.2) is 9.78 Å². The summed E-state index contributed by atoms with van der Waals surface area (Å²) < 4.78 is 0. The van der Waals surface area contributed by atoms with E-state index in [0.29, 0.717) is 31.3 Å². The van der Waals surface area contributed by atoms with Crippen molar-refractivity contribution in [2.45, 2.75) is 0 Å². The highest BCUT2D eigenvalue weighted by Crippen LogP contribution is 2.31. The molecule has 1 aromatic heterocycles. The van der Waals surface area contributed by atoms with Gasteiger partial charge in [0, 0.05) is 49.2 Å². The summed E-state index contributed by atoms with van der Waals surface area (Å²) in [4.78, 5) is 19.1. The maximum Gasteiger partial charge on any atom is 0.407 e. The monoisotopic (exact) mass is 393 g/mol. The van der Waals surface area contributed by atoms with E-state index in [1.807, 2.05) is 30.3 Å². The van der Waals surface area contributed by atoms with Crippen LogP contribution in [0.3, 0.4) is 0 Å². The molecule has 0 radical (unpaired) electrons. The molecule has 142 valence electrons. The van der Waals surface area contributed by atoms with Crippen molar-refractivity contribution in [2.24, 2.45) is 0 Å². The second-order valence-corrected chi connectivity index (χ2v) is 7.09. The third kappa shape index (κ3) is 3.80. The Labute approximate surface area is 168 Å². The van der Waals surface area contributed by atoms with Gasteiger partial charge in [0.05, 0.1) is 0 Å². The van der Waals surface area contributed by atoms with Crippen LogP contribution in [0.4, 0.5) is 10.5 Å². The number of carbonyl (C=O) groups is 1. The fraction of sp³-hybridized carbons (Fsp3) is 0.182. The van der Waals surface area contributed by atoms with E-state index in [4.69, 9.17) is 16.7 Å². The molecule has 1 aliphatic heterocycles. The average molecular weight is 394 g/mol. The Morgan fingerprint density at radius 2 is 1.57 bits per heavy atom. The Hall–Kier alpha value is -3.05. The zero-order valence-corrected chi connectivity index (χ0v) is 16.0. The molecular weight excluding hydrogens is 374 g/mol. The number of aromatic nitrogens is 1. The predicted molar refractivity (Wildman–Crippen MR) is 112 cm³/mol. The molecule has 1 fully saturated rings. The number of nitrogens with zero attached hydrogens (tertiary/aromatic N) is 3. The number of amides is 1. The molecule has 2 heterocycles. The maximum absolute atomic E-state index is 11.0. The predicted octanol–water partition coefficient (Wildman–Crippen LogP) is 4.87. The highest BCUT2D eigenvalue weighted by atomic mass is 35.5. The second kappa shape index (κ2) is 7.90. The molecule has 0 bridgehead atoms. The molecule has 1 aliphatic rings. The highest BCUT2D eigenvalue weighted by Gasteiger charge is 2.20. The first-order chi connectivity index (χ1) is 13.6. The van der Waals surface area contributed by atoms with Crippen LogP contribution in [0, 0.1) is 0 Å². The lowest BCUT2D eigenvalue weighted by molar-refractivity contribution is 0.142. The molecule has 1 saturated heterocycles. The van der Waals surface area contributed by atoms with Crippen LogP contribution in [-0.2, 0) is 0 Å². The molecule has 1 N–H and O–H groups in total. The fourth-order valence-corrected chi connectivity index (χ4v) is 3.66. The van der Waals surface area contributed by atoms with Gasteiger partial charge < -0.3 is 14.9 Å². The maximum atomic E-state index is 11.0. The van der Waals surface area contributed by atoms with Gasteiger partial charge in [-0.15, -0.1) is 0 Å². The Morgan fingerprint density at radius 1 is 0.893 bits per heavy atom. The molecule has 0 atom stereocenters. The van der Waals surface area contributed by atoms with Crippen LogP contribution in [0.2, 0.25) is 5.15 Å². The molecule has 3 aromatic rings. The quantitative estimate of drug-likeness (QED) is 0.645. The smallest absolute Gasteiger partial charge is 0.407 e. The van der Waals surface area contributed by atoms with E-state index in [0.717, 1.165) is 27.9 Å². The number of pyridine rings is 1. The van der Waals surface area contributed by atoms with Crippen LogP contribution in [0.15, 0.2) is 66.9 Å². The number of halogens is 1. The Kier molecular flexibility index (Phi) is 5.17. The summed E-state index contributed by atoms with van der Waals surface area (Å²) in [6.45, 7) is 2.45. The van der Waals surface area contributed by atoms with Gasteiger partial charge in [-0.05, 0) is 29.3 Å². The van der Waals surface area contributed by atoms with E-state index >= 15 is 0 Å². The molecule has 0 saturated carbocycles. The van der Waals surface area contributed by atoms with Crippen molar-refractivity contribution < 1.29 is 9.90 Å². The Balaban J connectivity index is 1.54. The van der Waals surface area contributed by atoms with Gasteiger partial charge in [0.25, 0.3) is 0 Å². The summed E-state index contributed by atoms with van der Waals surface area (Å²) in [6, 6.07) is 20.3. The van der Waals surface area contributed by atoms with E-state index in [9.17, 15) is 4.79 Å². The van der Waals surface area contributed by atoms with E-state index < -0.39 is 6.09 Å². The molecule has 5 nitrogen and oxygen atoms in total. The number of anilines is 1. The summed E-state index contributed by atoms with van der Waals surface area (Å²) >= 11 is 6.32. The van der Waals surface area contributed by atoms with Crippen LogP contribution in [0.25, 0.3) is 22.3 Å². The molecule has 6 heteroatoms. The standard InChI is InChI=1S/C22H20ClN3O2/c23-21-20(17-4-2-1-3-5-17)14-18(15-24-21)16-6-8-19(9-7-16)25-10-12-26(13-11-25)22(27)28/h1-9,14-15H,10-13H2,(H,27,28). The third-order valence-electron chi connectivity index (χ3n) is 5.04. The van der Waals surface area contributed by atoms with Gasteiger partial charge in [0.15, 0.2) is 0 Å². The Morgan fingerprint density at radius 3 is 2.21 bits per heavy atom. The van der Waals surface area contributed by atoms with E-state index in [1.54, 1.807) is 6.20 Å². The lowest BCUT2D eigenvalue weighted by atomic mass is 10.0. The minimum Gasteiger partial charge on any atom is -0.465 e. The van der Waals surface area contributed by atoms with Crippen molar-refractivity contribution in [3.05, 3.63) is 72.0 Å². The van der Waals surface area contributed by atoms with Crippen molar-refractivity contribution in [3.8, 4) is 22.3 Å². The van der Waals surface area contributed by atoms with Crippen LogP contribution < -0.4 is 4.90 Å². The molecule has 0 aliphatic carbocycles. The summed E-state index contributed by atoms with van der Waals surface area (Å²) in [7, 11) is 0. The summed E-state index contributed by atoms with van der Waals surface area (Å²) in [5.41, 5.74) is 5.11. The number of hydrogen-bond acceptors (Lipinski definition) is 3. The first-order valence-electron chi connectivity index (χ1n) is 9.16. The normalized spacial score (nSPS) is 14.2.